The van der Waals surface area contributed by atoms with Crippen molar-refractivity contribution in [1.82, 2.24) is 20.1 Å². The average Bonchev–Trinajstić information content (AvgIpc) is 3.05. The second-order valence-electron chi connectivity index (χ2n) is 5.82. The third-order valence-electron chi connectivity index (χ3n) is 3.94. The first kappa shape index (κ1) is 20.9. The highest BCUT2D eigenvalue weighted by Crippen LogP contribution is 2.20. The van der Waals surface area contributed by atoms with E-state index in [1.165, 1.54) is 6.42 Å². The van der Waals surface area contributed by atoms with Gasteiger partial charge in [-0.15, -0.1) is 11.3 Å². The first-order valence-corrected chi connectivity index (χ1v) is 9.54. The lowest BCUT2D eigenvalue weighted by atomic mass is 10.4. The summed E-state index contributed by atoms with van der Waals surface area (Å²) in [5.74, 6) is 0.900. The molecule has 1 aromatic heterocycles. The van der Waals surface area contributed by atoms with E-state index in [0.29, 0.717) is 0 Å². The molecule has 0 aliphatic rings. The number of rotatable bonds is 10. The molecule has 0 aliphatic carbocycles. The Morgan fingerprint density at radius 3 is 2.75 bits per heavy atom. The molecular weight excluding hydrogens is 322 g/mol. The quantitative estimate of drug-likeness (QED) is 0.516. The fraction of sp³-hybridized carbons (Fsp3) is 0.765. The monoisotopic (exact) mass is 355 g/mol. The fourth-order valence-electron chi connectivity index (χ4n) is 2.46. The standard InChI is InChI=1S/C17H33N5OS/c1-7-10-22(8-2)11-9-19-17(18-4)21(5)12-15-13-24-16(20-15)14(3)23-6/h13-14H,7-12H2,1-6H3,(H,18,19). The Bertz CT molecular complexity index is 491. The number of nitrogens with one attached hydrogen (secondary N) is 1. The van der Waals surface area contributed by atoms with E-state index in [-0.39, 0.29) is 6.10 Å². The van der Waals surface area contributed by atoms with Crippen LogP contribution in [-0.4, -0.2) is 68.1 Å². The van der Waals surface area contributed by atoms with Crippen LogP contribution < -0.4 is 5.32 Å². The molecule has 1 rings (SSSR count). The zero-order valence-corrected chi connectivity index (χ0v) is 16.8. The molecule has 1 unspecified atom stereocenters. The van der Waals surface area contributed by atoms with Crippen LogP contribution in [0.25, 0.3) is 0 Å². The van der Waals surface area contributed by atoms with Gasteiger partial charge in [0.05, 0.1) is 12.2 Å². The Morgan fingerprint density at radius 1 is 1.42 bits per heavy atom. The molecule has 1 N–H and O–H groups in total. The third-order valence-corrected chi connectivity index (χ3v) is 5.00. The van der Waals surface area contributed by atoms with Gasteiger partial charge in [0.1, 0.15) is 11.1 Å². The molecule has 0 aliphatic heterocycles. The lowest BCUT2D eigenvalue weighted by molar-refractivity contribution is 0.119. The van der Waals surface area contributed by atoms with Gasteiger partial charge in [0, 0.05) is 39.7 Å². The zero-order chi connectivity index (χ0) is 17.9. The van der Waals surface area contributed by atoms with Gasteiger partial charge in [0.15, 0.2) is 5.96 Å². The number of methoxy groups -OCH3 is 1. The lowest BCUT2D eigenvalue weighted by Crippen LogP contribution is -2.42. The molecule has 7 heteroatoms. The summed E-state index contributed by atoms with van der Waals surface area (Å²) in [6, 6.07) is 0. The minimum atomic E-state index is 0.0464. The molecule has 0 bridgehead atoms. The maximum Gasteiger partial charge on any atom is 0.193 e. The molecule has 0 radical (unpaired) electrons. The van der Waals surface area contributed by atoms with Crippen molar-refractivity contribution in [2.45, 2.75) is 39.8 Å². The van der Waals surface area contributed by atoms with Crippen LogP contribution in [0.2, 0.25) is 0 Å². The molecule has 138 valence electrons. The summed E-state index contributed by atoms with van der Waals surface area (Å²) in [4.78, 5) is 13.6. The zero-order valence-electron chi connectivity index (χ0n) is 16.0. The summed E-state index contributed by atoms with van der Waals surface area (Å²) in [6.07, 6.45) is 1.24. The van der Waals surface area contributed by atoms with Gasteiger partial charge < -0.3 is 19.9 Å². The number of likely N-dealkylation sites (N-methyl/N-ethyl adjacent to an activating group) is 1. The highest BCUT2D eigenvalue weighted by atomic mass is 32.1. The number of hydrogen-bond donors (Lipinski definition) is 1. The van der Waals surface area contributed by atoms with E-state index < -0.39 is 0 Å². The van der Waals surface area contributed by atoms with Crippen LogP contribution in [0.3, 0.4) is 0 Å². The van der Waals surface area contributed by atoms with Crippen molar-refractivity contribution >= 4 is 17.3 Å². The van der Waals surface area contributed by atoms with Gasteiger partial charge in [-0.2, -0.15) is 0 Å². The minimum Gasteiger partial charge on any atom is -0.375 e. The van der Waals surface area contributed by atoms with E-state index in [1.807, 2.05) is 21.0 Å². The van der Waals surface area contributed by atoms with Gasteiger partial charge in [0.25, 0.3) is 0 Å². The van der Waals surface area contributed by atoms with E-state index in [0.717, 1.165) is 49.4 Å². The van der Waals surface area contributed by atoms with Crippen LogP contribution in [0.4, 0.5) is 0 Å². The van der Waals surface area contributed by atoms with Gasteiger partial charge in [-0.3, -0.25) is 4.99 Å². The predicted octanol–water partition coefficient (Wildman–Crippen LogP) is 2.59. The van der Waals surface area contributed by atoms with Gasteiger partial charge in [0.2, 0.25) is 0 Å². The smallest absolute Gasteiger partial charge is 0.193 e. The topological polar surface area (TPSA) is 53.0 Å². The van der Waals surface area contributed by atoms with Gasteiger partial charge in [-0.1, -0.05) is 13.8 Å². The normalized spacial score (nSPS) is 13.4. The van der Waals surface area contributed by atoms with Crippen molar-refractivity contribution in [2.24, 2.45) is 4.99 Å². The van der Waals surface area contributed by atoms with Gasteiger partial charge in [-0.25, -0.2) is 4.98 Å². The van der Waals surface area contributed by atoms with Crippen molar-refractivity contribution in [3.05, 3.63) is 16.1 Å². The second-order valence-corrected chi connectivity index (χ2v) is 6.71. The van der Waals surface area contributed by atoms with Gasteiger partial charge in [-0.05, 0) is 26.4 Å². The molecule has 0 amide bonds. The summed E-state index contributed by atoms with van der Waals surface area (Å²) in [7, 11) is 5.57. The maximum atomic E-state index is 5.32. The number of nitrogens with zero attached hydrogens (tertiary/aromatic N) is 4. The van der Waals surface area contributed by atoms with Crippen molar-refractivity contribution in [3.63, 3.8) is 0 Å². The fourth-order valence-corrected chi connectivity index (χ4v) is 3.30. The maximum absolute atomic E-state index is 5.32. The third kappa shape index (κ3) is 6.75. The van der Waals surface area contributed by atoms with Crippen LogP contribution in [0, 0.1) is 0 Å². The Hall–Kier alpha value is -1.18. The van der Waals surface area contributed by atoms with Crippen LogP contribution in [-0.2, 0) is 11.3 Å². The van der Waals surface area contributed by atoms with Crippen molar-refractivity contribution in [3.8, 4) is 0 Å². The SMILES string of the molecule is CCCN(CC)CCNC(=NC)N(C)Cc1csc(C(C)OC)n1. The molecule has 6 nitrogen and oxygen atoms in total. The molecule has 0 aromatic carbocycles. The van der Waals surface area contributed by atoms with E-state index >= 15 is 0 Å². The molecule has 1 aromatic rings. The summed E-state index contributed by atoms with van der Waals surface area (Å²) >= 11 is 1.64. The van der Waals surface area contributed by atoms with E-state index in [2.05, 4.69) is 44.3 Å². The molecular formula is C17H33N5OS. The Morgan fingerprint density at radius 2 is 2.17 bits per heavy atom. The Balaban J connectivity index is 2.49. The number of thiazole rings is 1. The molecule has 1 atom stereocenters. The van der Waals surface area contributed by atoms with Crippen LogP contribution in [0.1, 0.15) is 44.0 Å². The highest BCUT2D eigenvalue weighted by Gasteiger charge is 2.12. The van der Waals surface area contributed by atoms with Crippen LogP contribution in [0.5, 0.6) is 0 Å². The van der Waals surface area contributed by atoms with Gasteiger partial charge >= 0.3 is 0 Å². The molecule has 0 saturated heterocycles. The van der Waals surface area contributed by atoms with E-state index in [1.54, 1.807) is 18.4 Å². The number of guanidine groups is 1. The molecule has 0 fully saturated rings. The second kappa shape index (κ2) is 11.4. The lowest BCUT2D eigenvalue weighted by Gasteiger charge is -2.24. The van der Waals surface area contributed by atoms with Crippen molar-refractivity contribution < 1.29 is 4.74 Å². The minimum absolute atomic E-state index is 0.0464. The Labute approximate surface area is 150 Å². The number of aromatic nitrogens is 1. The molecule has 0 saturated carbocycles. The molecule has 0 spiro atoms. The average molecular weight is 356 g/mol. The van der Waals surface area contributed by atoms with Crippen LogP contribution in [0.15, 0.2) is 10.4 Å². The number of aliphatic imine (C=N–C) groups is 1. The first-order chi connectivity index (χ1) is 11.5. The highest BCUT2D eigenvalue weighted by molar-refractivity contribution is 7.09. The largest absolute Gasteiger partial charge is 0.375 e. The van der Waals surface area contributed by atoms with Crippen molar-refractivity contribution in [2.75, 3.05) is 47.4 Å². The van der Waals surface area contributed by atoms with Crippen molar-refractivity contribution in [1.29, 1.82) is 0 Å². The number of ether oxygens (including phenoxy) is 1. The summed E-state index contributed by atoms with van der Waals surface area (Å²) in [6.45, 7) is 11.3. The van der Waals surface area contributed by atoms with E-state index in [4.69, 9.17) is 4.74 Å². The molecule has 1 heterocycles. The van der Waals surface area contributed by atoms with E-state index in [9.17, 15) is 0 Å². The number of hydrogen-bond acceptors (Lipinski definition) is 5. The summed E-state index contributed by atoms with van der Waals surface area (Å²) < 4.78 is 5.32. The predicted molar refractivity (Wildman–Crippen MR) is 103 cm³/mol. The Kier molecular flexibility index (Phi) is 9.90. The molecule has 24 heavy (non-hydrogen) atoms. The summed E-state index contributed by atoms with van der Waals surface area (Å²) in [5.41, 5.74) is 1.05. The van der Waals surface area contributed by atoms with Crippen LogP contribution >= 0.6 is 11.3 Å². The summed E-state index contributed by atoms with van der Waals surface area (Å²) in [5, 5.41) is 6.55. The first-order valence-electron chi connectivity index (χ1n) is 8.66.